The van der Waals surface area contributed by atoms with Crippen molar-refractivity contribution in [3.8, 4) is 0 Å². The lowest BCUT2D eigenvalue weighted by Crippen LogP contribution is -2.51. The quantitative estimate of drug-likeness (QED) is 0.474. The highest BCUT2D eigenvalue weighted by molar-refractivity contribution is 5.80. The van der Waals surface area contributed by atoms with Gasteiger partial charge in [0.05, 0.1) is 12.8 Å². The molecule has 108 valence electrons. The monoisotopic (exact) mass is 266 g/mol. The number of methoxy groups -OCH3 is 1. The molecule has 0 bridgehead atoms. The van der Waals surface area contributed by atoms with Crippen LogP contribution in [0.2, 0.25) is 0 Å². The molecular formula is C14H26N4O. The van der Waals surface area contributed by atoms with Crippen LogP contribution in [0.3, 0.4) is 0 Å². The van der Waals surface area contributed by atoms with Crippen LogP contribution in [0, 0.1) is 5.92 Å². The Morgan fingerprint density at radius 2 is 2.00 bits per heavy atom. The van der Waals surface area contributed by atoms with Crippen LogP contribution in [0.15, 0.2) is 16.6 Å². The van der Waals surface area contributed by atoms with E-state index < -0.39 is 0 Å². The summed E-state index contributed by atoms with van der Waals surface area (Å²) in [6.07, 6.45) is 2.33. The molecule has 2 rings (SSSR count). The number of piperazine rings is 1. The number of rotatable bonds is 3. The van der Waals surface area contributed by atoms with Crippen LogP contribution in [0.5, 0.6) is 0 Å². The van der Waals surface area contributed by atoms with E-state index in [1.54, 1.807) is 7.11 Å². The number of nitrogens with zero attached hydrogens (tertiary/aromatic N) is 3. The molecule has 2 fully saturated rings. The number of likely N-dealkylation sites (N-methyl/N-ethyl adjacent to an activating group) is 1. The second kappa shape index (κ2) is 5.82. The molecule has 1 saturated carbocycles. The Labute approximate surface area is 116 Å². The maximum atomic E-state index is 6.08. The minimum absolute atomic E-state index is 0.484. The summed E-state index contributed by atoms with van der Waals surface area (Å²) in [7, 11) is 3.81. The van der Waals surface area contributed by atoms with Gasteiger partial charge in [-0.05, 0) is 33.7 Å². The van der Waals surface area contributed by atoms with E-state index in [1.807, 2.05) is 6.92 Å². The van der Waals surface area contributed by atoms with Crippen molar-refractivity contribution in [1.29, 1.82) is 0 Å². The van der Waals surface area contributed by atoms with Gasteiger partial charge in [0.25, 0.3) is 0 Å². The van der Waals surface area contributed by atoms with E-state index in [4.69, 9.17) is 10.5 Å². The summed E-state index contributed by atoms with van der Waals surface area (Å²) in [5, 5.41) is 0. The largest absolute Gasteiger partial charge is 0.480 e. The second-order valence-corrected chi connectivity index (χ2v) is 5.67. The molecule has 19 heavy (non-hydrogen) atoms. The van der Waals surface area contributed by atoms with Gasteiger partial charge in [-0.15, -0.1) is 0 Å². The number of nitrogens with two attached hydrogens (primary N) is 1. The summed E-state index contributed by atoms with van der Waals surface area (Å²) in [5.41, 5.74) is 6.89. The maximum absolute atomic E-state index is 6.08. The molecule has 1 heterocycles. The topological polar surface area (TPSA) is 54.1 Å². The zero-order chi connectivity index (χ0) is 14.0. The van der Waals surface area contributed by atoms with Crippen molar-refractivity contribution < 1.29 is 4.74 Å². The van der Waals surface area contributed by atoms with Gasteiger partial charge in [-0.3, -0.25) is 0 Å². The molecule has 0 aromatic rings. The molecule has 1 aliphatic heterocycles. The van der Waals surface area contributed by atoms with Gasteiger partial charge in [0.15, 0.2) is 0 Å². The maximum Gasteiger partial charge on any atom is 0.234 e. The molecule has 2 aliphatic rings. The summed E-state index contributed by atoms with van der Waals surface area (Å²) < 4.78 is 5.35. The Morgan fingerprint density at radius 1 is 1.32 bits per heavy atom. The first-order chi connectivity index (χ1) is 9.02. The fraction of sp³-hybridized carbons (Fsp3) is 0.786. The van der Waals surface area contributed by atoms with Crippen LogP contribution in [0.25, 0.3) is 0 Å². The smallest absolute Gasteiger partial charge is 0.234 e. The van der Waals surface area contributed by atoms with Crippen LogP contribution >= 0.6 is 0 Å². The molecule has 0 amide bonds. The van der Waals surface area contributed by atoms with Crippen LogP contribution in [-0.2, 0) is 4.74 Å². The SMILES string of the molecule is COC(/N=C(\C)N1CCN(C)C(C)C1)=C(/N)C1CC1. The molecule has 0 radical (unpaired) electrons. The van der Waals surface area contributed by atoms with E-state index >= 15 is 0 Å². The van der Waals surface area contributed by atoms with E-state index in [0.717, 1.165) is 31.2 Å². The third kappa shape index (κ3) is 3.41. The molecule has 0 aromatic heterocycles. The Morgan fingerprint density at radius 3 is 2.53 bits per heavy atom. The standard InChI is InChI=1S/C14H26N4O/c1-10-9-18(8-7-17(10)3)11(2)16-14(19-4)13(15)12-5-6-12/h10,12H,5-9,15H2,1-4H3/b14-13+,16-11+. The third-order valence-electron chi connectivity index (χ3n) is 4.14. The van der Waals surface area contributed by atoms with Gasteiger partial charge in [-0.1, -0.05) is 0 Å². The number of ether oxygens (including phenoxy) is 1. The van der Waals surface area contributed by atoms with Gasteiger partial charge < -0.3 is 20.3 Å². The highest BCUT2D eigenvalue weighted by Gasteiger charge is 2.28. The highest BCUT2D eigenvalue weighted by Crippen LogP contribution is 2.35. The van der Waals surface area contributed by atoms with E-state index in [9.17, 15) is 0 Å². The van der Waals surface area contributed by atoms with Crippen LogP contribution in [0.1, 0.15) is 26.7 Å². The Hall–Kier alpha value is -1.23. The Bertz CT molecular complexity index is 387. The molecular weight excluding hydrogens is 240 g/mol. The fourth-order valence-corrected chi connectivity index (χ4v) is 2.36. The molecule has 5 nitrogen and oxygen atoms in total. The van der Waals surface area contributed by atoms with E-state index in [-0.39, 0.29) is 0 Å². The number of hydrogen-bond acceptors (Lipinski definition) is 4. The molecule has 0 aromatic carbocycles. The lowest BCUT2D eigenvalue weighted by Gasteiger charge is -2.38. The molecule has 1 unspecified atom stereocenters. The van der Waals surface area contributed by atoms with E-state index in [2.05, 4.69) is 28.8 Å². The second-order valence-electron chi connectivity index (χ2n) is 5.67. The van der Waals surface area contributed by atoms with E-state index in [0.29, 0.717) is 17.8 Å². The van der Waals surface area contributed by atoms with Gasteiger partial charge >= 0.3 is 0 Å². The summed E-state index contributed by atoms with van der Waals surface area (Å²) in [6.45, 7) is 7.36. The predicted molar refractivity (Wildman–Crippen MR) is 77.7 cm³/mol. The number of aliphatic imine (C=N–C) groups is 1. The number of allylic oxidation sites excluding steroid dienone is 1. The zero-order valence-electron chi connectivity index (χ0n) is 12.5. The first kappa shape index (κ1) is 14.2. The minimum atomic E-state index is 0.484. The van der Waals surface area contributed by atoms with Crippen molar-refractivity contribution in [3.63, 3.8) is 0 Å². The third-order valence-corrected chi connectivity index (χ3v) is 4.14. The summed E-state index contributed by atoms with van der Waals surface area (Å²) >= 11 is 0. The summed E-state index contributed by atoms with van der Waals surface area (Å²) in [4.78, 5) is 9.28. The van der Waals surface area contributed by atoms with Crippen molar-refractivity contribution in [2.45, 2.75) is 32.7 Å². The lowest BCUT2D eigenvalue weighted by molar-refractivity contribution is 0.152. The van der Waals surface area contributed by atoms with Crippen molar-refractivity contribution in [3.05, 3.63) is 11.6 Å². The minimum Gasteiger partial charge on any atom is -0.480 e. The number of amidine groups is 1. The number of hydrogen-bond donors (Lipinski definition) is 1. The van der Waals surface area contributed by atoms with Gasteiger partial charge in [0.1, 0.15) is 5.84 Å². The molecule has 1 aliphatic carbocycles. The molecule has 0 spiro atoms. The predicted octanol–water partition coefficient (Wildman–Crippen LogP) is 1.22. The molecule has 5 heteroatoms. The summed E-state index contributed by atoms with van der Waals surface area (Å²) in [6, 6.07) is 0.551. The van der Waals surface area contributed by atoms with Crippen molar-refractivity contribution in [1.82, 2.24) is 9.80 Å². The molecule has 2 N–H and O–H groups in total. The normalized spacial score (nSPS) is 27.3. The average Bonchev–Trinajstić information content (AvgIpc) is 3.22. The van der Waals surface area contributed by atoms with Gasteiger partial charge in [0.2, 0.25) is 5.88 Å². The molecule has 1 atom stereocenters. The van der Waals surface area contributed by atoms with Crippen LogP contribution in [0.4, 0.5) is 0 Å². The Balaban J connectivity index is 2.07. The highest BCUT2D eigenvalue weighted by atomic mass is 16.5. The van der Waals surface area contributed by atoms with Gasteiger partial charge in [-0.2, -0.15) is 4.99 Å². The fourth-order valence-electron chi connectivity index (χ4n) is 2.36. The van der Waals surface area contributed by atoms with Crippen LogP contribution < -0.4 is 5.73 Å². The van der Waals surface area contributed by atoms with Gasteiger partial charge in [-0.25, -0.2) is 0 Å². The first-order valence-corrected chi connectivity index (χ1v) is 7.07. The van der Waals surface area contributed by atoms with Crippen LogP contribution in [-0.4, -0.2) is 55.5 Å². The molecule has 1 saturated heterocycles. The zero-order valence-corrected chi connectivity index (χ0v) is 12.5. The lowest BCUT2D eigenvalue weighted by atomic mass is 10.2. The van der Waals surface area contributed by atoms with Gasteiger partial charge in [0, 0.05) is 31.6 Å². The van der Waals surface area contributed by atoms with Crippen molar-refractivity contribution in [2.75, 3.05) is 33.8 Å². The van der Waals surface area contributed by atoms with E-state index in [1.165, 1.54) is 12.8 Å². The van der Waals surface area contributed by atoms with Crippen molar-refractivity contribution >= 4 is 5.84 Å². The first-order valence-electron chi connectivity index (χ1n) is 7.07. The van der Waals surface area contributed by atoms with Crippen molar-refractivity contribution in [2.24, 2.45) is 16.6 Å². The Kier molecular flexibility index (Phi) is 4.34. The summed E-state index contributed by atoms with van der Waals surface area (Å²) in [5.74, 6) is 2.09. The average molecular weight is 266 g/mol.